The van der Waals surface area contributed by atoms with Gasteiger partial charge in [0, 0.05) is 20.8 Å². The molecule has 0 saturated carbocycles. The van der Waals surface area contributed by atoms with Gasteiger partial charge in [-0.1, -0.05) is 0 Å². The van der Waals surface area contributed by atoms with Crippen molar-refractivity contribution in [2.45, 2.75) is 260 Å². The molecule has 0 spiro atoms. The van der Waals surface area contributed by atoms with Crippen molar-refractivity contribution >= 4 is 17.7 Å². The fraction of sp³-hybridized carbons (Fsp3) is 0.944. The summed E-state index contributed by atoms with van der Waals surface area (Å²) in [6.07, 6.45) is -73.0. The van der Waals surface area contributed by atoms with Gasteiger partial charge in [-0.05, 0) is 0 Å². The molecule has 98 heavy (non-hydrogen) atoms. The van der Waals surface area contributed by atoms with Gasteiger partial charge >= 0.3 is 0 Å². The summed E-state index contributed by atoms with van der Waals surface area (Å²) >= 11 is 0. The van der Waals surface area contributed by atoms with E-state index < -0.39 is 316 Å². The van der Waals surface area contributed by atoms with E-state index in [0.29, 0.717) is 0 Å². The zero-order valence-corrected chi connectivity index (χ0v) is 52.6. The molecule has 0 aromatic carbocycles. The van der Waals surface area contributed by atoms with E-state index in [0.717, 1.165) is 20.8 Å². The van der Waals surface area contributed by atoms with Crippen molar-refractivity contribution in [3.05, 3.63) is 0 Å². The van der Waals surface area contributed by atoms with Crippen molar-refractivity contribution in [3.8, 4) is 0 Å². The van der Waals surface area contributed by atoms with Gasteiger partial charge in [0.15, 0.2) is 44.0 Å². The zero-order chi connectivity index (χ0) is 72.6. The minimum Gasteiger partial charge on any atom is -0.394 e. The lowest BCUT2D eigenvalue weighted by Gasteiger charge is -2.51. The van der Waals surface area contributed by atoms with E-state index in [1.807, 2.05) is 0 Å². The number of ether oxygens (including phenoxy) is 14. The molecule has 7 aliphatic heterocycles. The topological polar surface area (TPSA) is 702 Å². The number of hydrogen-bond donors (Lipinski definition) is 27. The average molecular weight is 1440 g/mol. The largest absolute Gasteiger partial charge is 0.394 e. The lowest BCUT2D eigenvalue weighted by atomic mass is 9.93. The van der Waals surface area contributed by atoms with Crippen LogP contribution in [0, 0.1) is 0 Å². The third-order valence-electron chi connectivity index (χ3n) is 17.5. The highest BCUT2D eigenvalue weighted by Gasteiger charge is 2.60. The maximum Gasteiger partial charge on any atom is 0.217 e. The molecule has 27 N–H and O–H groups in total. The molecule has 7 rings (SSSR count). The van der Waals surface area contributed by atoms with Gasteiger partial charge in [0.1, 0.15) is 195 Å². The Morgan fingerprint density at radius 3 is 0.939 bits per heavy atom. The highest BCUT2D eigenvalue weighted by Crippen LogP contribution is 2.39. The van der Waals surface area contributed by atoms with E-state index in [-0.39, 0.29) is 0 Å². The Morgan fingerprint density at radius 1 is 0.306 bits per heavy atom. The molecule has 7 heterocycles. The van der Waals surface area contributed by atoms with Crippen LogP contribution in [0.1, 0.15) is 20.8 Å². The Balaban J connectivity index is 1.10. The smallest absolute Gasteiger partial charge is 0.217 e. The fourth-order valence-electron chi connectivity index (χ4n) is 12.3. The van der Waals surface area contributed by atoms with Gasteiger partial charge in [-0.3, -0.25) is 14.4 Å². The van der Waals surface area contributed by atoms with Crippen molar-refractivity contribution < 1.29 is 203 Å². The van der Waals surface area contributed by atoms with Crippen molar-refractivity contribution in [1.82, 2.24) is 16.0 Å². The lowest BCUT2D eigenvalue weighted by Crippen LogP contribution is -2.71. The second-order valence-corrected chi connectivity index (χ2v) is 24.3. The zero-order valence-electron chi connectivity index (χ0n) is 52.6. The molecule has 0 unspecified atom stereocenters. The lowest BCUT2D eigenvalue weighted by molar-refractivity contribution is -0.388. The Hall–Kier alpha value is -3.11. The summed E-state index contributed by atoms with van der Waals surface area (Å²) in [6, 6.07) is -5.61. The van der Waals surface area contributed by atoms with Gasteiger partial charge < -0.3 is 205 Å². The van der Waals surface area contributed by atoms with Gasteiger partial charge in [-0.15, -0.1) is 0 Å². The molecular weight excluding hydrogens is 1350 g/mol. The maximum atomic E-state index is 12.9. The van der Waals surface area contributed by atoms with Crippen LogP contribution in [0.15, 0.2) is 0 Å². The summed E-state index contributed by atoms with van der Waals surface area (Å²) in [6.45, 7) is -6.86. The Labute approximate surface area is 555 Å². The number of nitrogens with one attached hydrogen (secondary N) is 3. The van der Waals surface area contributed by atoms with E-state index in [2.05, 4.69) is 16.0 Å². The van der Waals surface area contributed by atoms with Crippen molar-refractivity contribution in [1.29, 1.82) is 0 Å². The summed E-state index contributed by atoms with van der Waals surface area (Å²) in [4.78, 5) is 38.3. The average Bonchev–Trinajstić information content (AvgIpc) is 0.775. The van der Waals surface area contributed by atoms with Crippen LogP contribution in [-0.4, -0.2) is 439 Å². The van der Waals surface area contributed by atoms with Crippen LogP contribution in [0.5, 0.6) is 0 Å². The molecule has 0 bridgehead atoms. The van der Waals surface area contributed by atoms with E-state index in [1.54, 1.807) is 0 Å². The quantitative estimate of drug-likeness (QED) is 0.0331. The summed E-state index contributed by atoms with van der Waals surface area (Å²) in [5.41, 5.74) is 0. The van der Waals surface area contributed by atoms with Gasteiger partial charge in [0.25, 0.3) is 0 Å². The van der Waals surface area contributed by atoms with E-state index in [1.165, 1.54) is 0 Å². The number of rotatable bonds is 29. The molecule has 7 aliphatic rings. The maximum absolute atomic E-state index is 12.9. The normalized spacial score (nSPS) is 46.1. The van der Waals surface area contributed by atoms with Gasteiger partial charge in [0.2, 0.25) is 17.7 Å². The predicted octanol–water partition coefficient (Wildman–Crippen LogP) is -18.4. The first-order valence-electron chi connectivity index (χ1n) is 31.1. The molecule has 39 atom stereocenters. The second-order valence-electron chi connectivity index (χ2n) is 24.3. The van der Waals surface area contributed by atoms with Crippen LogP contribution in [-0.2, 0) is 80.7 Å². The summed E-state index contributed by atoms with van der Waals surface area (Å²) < 4.78 is 81.2. The van der Waals surface area contributed by atoms with E-state index in [4.69, 9.17) is 66.3 Å². The van der Waals surface area contributed by atoms with Crippen molar-refractivity contribution in [2.75, 3.05) is 59.5 Å². The third-order valence-corrected chi connectivity index (χ3v) is 17.5. The Morgan fingerprint density at radius 2 is 0.582 bits per heavy atom. The van der Waals surface area contributed by atoms with Gasteiger partial charge in [-0.25, -0.2) is 0 Å². The molecule has 570 valence electrons. The molecule has 0 radical (unpaired) electrons. The first-order valence-corrected chi connectivity index (χ1v) is 31.1. The second kappa shape index (κ2) is 36.5. The summed E-state index contributed by atoms with van der Waals surface area (Å²) in [5.74, 6) is -2.74. The van der Waals surface area contributed by atoms with E-state index >= 15 is 0 Å². The van der Waals surface area contributed by atoms with Crippen LogP contribution in [0.25, 0.3) is 0 Å². The first-order chi connectivity index (χ1) is 46.4. The van der Waals surface area contributed by atoms with Crippen molar-refractivity contribution in [2.24, 2.45) is 0 Å². The van der Waals surface area contributed by atoms with Crippen molar-refractivity contribution in [3.63, 3.8) is 0 Å². The molecule has 7 fully saturated rings. The van der Waals surface area contributed by atoms with Crippen LogP contribution in [0.4, 0.5) is 0 Å². The number of carbonyl (C=O) groups excluding carboxylic acids is 3. The molecule has 3 amide bonds. The monoisotopic (exact) mass is 1440 g/mol. The Bertz CT molecular complexity index is 2460. The van der Waals surface area contributed by atoms with Gasteiger partial charge in [0.05, 0.1) is 59.5 Å². The minimum absolute atomic E-state index is 0.878. The standard InChI is InChI=1S/C54H93N3O41/c1-13(67)55-25-34(78)42(23(11-65)90-48(25)96-45-31(75)20(8-62)87-52(38(45)82)92-41(17(71)5-59)28(72)16(70)4-58)93-53-39(83)46(32(76)21(9-63)88-53)97-49-26(56-14(2)68)35(79)43(24(12-66)91-49)94-54-40(84)47(33(77)22(10-64)89-54)98-50-27(57-15(3)69)44(30(74)19(7-61)85-50)95-51-37(81)36(80)29(73)18(6-60)86-51/h16-54,58-66,70-84H,4-12H2,1-3H3,(H,55,67)(H,56,68)(H,57,69)/t16-,17+,18+,19+,20+,21+,22+,23+,24+,25+,26+,27+,28+,29-,30+,31-,32-,33-,34+,35+,36-,37+,38+,39+,40+,41+,42+,43+,44+,45-,46-,47-,48-,49-,50-,51-,52-,53-,54-/m0/s1. The van der Waals surface area contributed by atoms with Crippen LogP contribution in [0.2, 0.25) is 0 Å². The summed E-state index contributed by atoms with van der Waals surface area (Å²) in [5, 5.41) is 267. The van der Waals surface area contributed by atoms with Crippen LogP contribution >= 0.6 is 0 Å². The SMILES string of the molecule is CC(=O)N[C@H]1[C@H](O[C@H]2[C@@H](O)[C@@H](CO)O[C@@H](O[C@@H]([C@H](O)[C@@H](O)CO)[C@H](O)CO)[C@@H]2O)O[C@H](CO)[C@@H](O[C@@H]2O[C@H](CO)[C@H](O)[C@H](O[C@@H]3O[C@H](CO)[C@@H](O[C@@H]4O[C@H](CO)[C@H](O)[C@H](O[C@@H]5O[C@H](CO)[C@@H](O)[C@H](O[C@@H]6O[C@H](CO)[C@H](O)[C@H](O)[C@H]6O)[C@H]5NC(C)=O)[C@H]4O)[C@H](O)[C@H]3NC(C)=O)[C@H]2O)[C@@H]1O. The number of hydrogen-bond acceptors (Lipinski definition) is 41. The number of carbonyl (C=O) groups is 3. The first kappa shape index (κ1) is 82.2. The number of amides is 3. The number of aliphatic hydroxyl groups excluding tert-OH is 24. The molecule has 44 heteroatoms. The highest BCUT2D eigenvalue weighted by molar-refractivity contribution is 5.74. The van der Waals surface area contributed by atoms with Crippen LogP contribution in [0.3, 0.4) is 0 Å². The van der Waals surface area contributed by atoms with E-state index in [9.17, 15) is 137 Å². The van der Waals surface area contributed by atoms with Crippen LogP contribution < -0.4 is 16.0 Å². The predicted molar refractivity (Wildman–Crippen MR) is 301 cm³/mol. The highest BCUT2D eigenvalue weighted by atomic mass is 16.8. The fourth-order valence-corrected chi connectivity index (χ4v) is 12.3. The third kappa shape index (κ3) is 18.3. The molecule has 7 saturated heterocycles. The Kier molecular flexibility index (Phi) is 30.6. The minimum atomic E-state index is -2.34. The molecule has 0 aromatic heterocycles. The summed E-state index contributed by atoms with van der Waals surface area (Å²) in [7, 11) is 0. The molecule has 0 aliphatic carbocycles. The number of aliphatic hydroxyl groups is 24. The molecule has 0 aromatic rings. The van der Waals surface area contributed by atoms with Gasteiger partial charge in [-0.2, -0.15) is 0 Å². The molecular formula is C54H93N3O41. The molecule has 44 nitrogen and oxygen atoms in total.